The predicted octanol–water partition coefficient (Wildman–Crippen LogP) is 17.5. The number of anilines is 2. The van der Waals surface area contributed by atoms with Crippen molar-refractivity contribution >= 4 is 23.0 Å². The molecule has 0 atom stereocenters. The smallest absolute Gasteiger partial charge is 0.0461 e. The summed E-state index contributed by atoms with van der Waals surface area (Å²) in [5.41, 5.74) is 21.6. The Balaban J connectivity index is 1.01. The number of benzene rings is 9. The molecule has 0 aliphatic heterocycles. The second-order valence-electron chi connectivity index (χ2n) is 17.3. The molecule has 0 unspecified atom stereocenters. The Morgan fingerprint density at radius 1 is 0.385 bits per heavy atom. The molecular weight excluding hydrogens is 783 g/mol. The third kappa shape index (κ3) is 8.45. The number of allylic oxidation sites excluding steroid dienone is 4. The van der Waals surface area contributed by atoms with Gasteiger partial charge in [0.2, 0.25) is 0 Å². The highest BCUT2D eigenvalue weighted by atomic mass is 15.1. The van der Waals surface area contributed by atoms with Gasteiger partial charge in [-0.15, -0.1) is 0 Å². The summed E-state index contributed by atoms with van der Waals surface area (Å²) >= 11 is 0. The Morgan fingerprint density at radius 3 is 1.26 bits per heavy atom. The highest BCUT2D eigenvalue weighted by Crippen LogP contribution is 2.49. The van der Waals surface area contributed by atoms with E-state index < -0.39 is 0 Å². The van der Waals surface area contributed by atoms with Crippen LogP contribution in [0, 0.1) is 0 Å². The minimum absolute atomic E-state index is 0.0962. The van der Waals surface area contributed by atoms with E-state index in [0.29, 0.717) is 0 Å². The van der Waals surface area contributed by atoms with Gasteiger partial charge in [-0.05, 0) is 133 Å². The summed E-state index contributed by atoms with van der Waals surface area (Å²) in [6.07, 6.45) is 9.08. The maximum absolute atomic E-state index is 2.41. The summed E-state index contributed by atoms with van der Waals surface area (Å²) in [6, 6.07) is 83.3. The highest BCUT2D eigenvalue weighted by molar-refractivity contribution is 5.91. The average molecular weight is 834 g/mol. The van der Waals surface area contributed by atoms with Crippen LogP contribution < -0.4 is 4.90 Å². The normalized spacial score (nSPS) is 13.1. The van der Waals surface area contributed by atoms with Crippen LogP contribution in [-0.2, 0) is 5.41 Å². The molecule has 9 aromatic carbocycles. The first-order valence-corrected chi connectivity index (χ1v) is 22.6. The zero-order valence-corrected chi connectivity index (χ0v) is 37.2. The van der Waals surface area contributed by atoms with Gasteiger partial charge in [0.05, 0.1) is 0 Å². The highest BCUT2D eigenvalue weighted by Gasteiger charge is 2.35. The third-order valence-electron chi connectivity index (χ3n) is 12.9. The molecule has 0 saturated carbocycles. The summed E-state index contributed by atoms with van der Waals surface area (Å²) in [6.45, 7) is 6.83. The molecule has 10 rings (SSSR count). The van der Waals surface area contributed by atoms with Gasteiger partial charge in [0.1, 0.15) is 0 Å². The molecule has 0 heterocycles. The van der Waals surface area contributed by atoms with E-state index in [1.165, 1.54) is 72.3 Å². The fraction of sp³-hybridized carbons (Fsp3) is 0.0625. The van der Waals surface area contributed by atoms with Gasteiger partial charge in [-0.2, -0.15) is 0 Å². The van der Waals surface area contributed by atoms with Gasteiger partial charge in [0, 0.05) is 22.5 Å². The zero-order chi connectivity index (χ0) is 44.2. The van der Waals surface area contributed by atoms with Crippen molar-refractivity contribution in [3.05, 3.63) is 277 Å². The quantitative estimate of drug-likeness (QED) is 0.0927. The molecule has 1 aliphatic carbocycles. The van der Waals surface area contributed by atoms with E-state index in [-0.39, 0.29) is 5.41 Å². The van der Waals surface area contributed by atoms with E-state index >= 15 is 0 Å². The SMILES string of the molecule is C\C=C(/C=C\C(=C\c1ccccc1)c1ccc2c(c1)C(C)(C)c1ccccc1-2)N(c1ccc(-c2ccc(-c3ccccc3)cc2)cc1)c1ccc(-c2ccc(-c3ccccc3)cc2)cc1. The molecule has 9 aromatic rings. The minimum Gasteiger partial charge on any atom is -0.311 e. The van der Waals surface area contributed by atoms with Crippen LogP contribution in [0.5, 0.6) is 0 Å². The van der Waals surface area contributed by atoms with Gasteiger partial charge in [-0.1, -0.05) is 226 Å². The molecule has 0 aromatic heterocycles. The lowest BCUT2D eigenvalue weighted by Crippen LogP contribution is -2.15. The van der Waals surface area contributed by atoms with Crippen molar-refractivity contribution < 1.29 is 0 Å². The summed E-state index contributed by atoms with van der Waals surface area (Å²) in [5.74, 6) is 0. The van der Waals surface area contributed by atoms with Crippen LogP contribution in [0.15, 0.2) is 254 Å². The Bertz CT molecular complexity index is 3030. The number of fused-ring (bicyclic) bond motifs is 3. The predicted molar refractivity (Wildman–Crippen MR) is 278 cm³/mol. The Morgan fingerprint density at radius 2 is 0.785 bits per heavy atom. The van der Waals surface area contributed by atoms with Gasteiger partial charge >= 0.3 is 0 Å². The zero-order valence-electron chi connectivity index (χ0n) is 37.2. The van der Waals surface area contributed by atoms with Gasteiger partial charge < -0.3 is 4.90 Å². The van der Waals surface area contributed by atoms with Crippen molar-refractivity contribution in [2.75, 3.05) is 4.90 Å². The number of hydrogen-bond acceptors (Lipinski definition) is 1. The monoisotopic (exact) mass is 833 g/mol. The Labute approximate surface area is 384 Å². The van der Waals surface area contributed by atoms with Crippen molar-refractivity contribution in [3.63, 3.8) is 0 Å². The summed E-state index contributed by atoms with van der Waals surface area (Å²) < 4.78 is 0. The molecule has 0 spiro atoms. The van der Waals surface area contributed by atoms with Gasteiger partial charge in [-0.25, -0.2) is 0 Å². The van der Waals surface area contributed by atoms with E-state index in [1.807, 2.05) is 0 Å². The van der Waals surface area contributed by atoms with Crippen LogP contribution in [-0.4, -0.2) is 0 Å². The lowest BCUT2D eigenvalue weighted by atomic mass is 9.81. The van der Waals surface area contributed by atoms with Crippen molar-refractivity contribution in [3.8, 4) is 55.6 Å². The van der Waals surface area contributed by atoms with Crippen molar-refractivity contribution in [1.29, 1.82) is 0 Å². The average Bonchev–Trinajstić information content (AvgIpc) is 3.61. The second-order valence-corrected chi connectivity index (χ2v) is 17.3. The van der Waals surface area contributed by atoms with Gasteiger partial charge in [0.25, 0.3) is 0 Å². The first kappa shape index (κ1) is 41.0. The first-order valence-electron chi connectivity index (χ1n) is 22.6. The van der Waals surface area contributed by atoms with Crippen LogP contribution >= 0.6 is 0 Å². The van der Waals surface area contributed by atoms with Crippen LogP contribution in [0.1, 0.15) is 43.0 Å². The molecule has 65 heavy (non-hydrogen) atoms. The molecule has 0 amide bonds. The molecule has 0 fully saturated rings. The van der Waals surface area contributed by atoms with Gasteiger partial charge in [0.15, 0.2) is 0 Å². The molecule has 0 bridgehead atoms. The van der Waals surface area contributed by atoms with Crippen LogP contribution in [0.2, 0.25) is 0 Å². The van der Waals surface area contributed by atoms with Crippen molar-refractivity contribution in [2.24, 2.45) is 0 Å². The molecule has 1 aliphatic rings. The minimum atomic E-state index is -0.0962. The molecule has 1 heteroatoms. The summed E-state index contributed by atoms with van der Waals surface area (Å²) in [4.78, 5) is 2.36. The second kappa shape index (κ2) is 18.0. The topological polar surface area (TPSA) is 3.24 Å². The van der Waals surface area contributed by atoms with E-state index in [2.05, 4.69) is 280 Å². The maximum atomic E-state index is 2.41. The van der Waals surface area contributed by atoms with Crippen molar-refractivity contribution in [1.82, 2.24) is 0 Å². The van der Waals surface area contributed by atoms with E-state index in [4.69, 9.17) is 0 Å². The number of rotatable bonds is 11. The lowest BCUT2D eigenvalue weighted by Gasteiger charge is -2.27. The van der Waals surface area contributed by atoms with E-state index in [9.17, 15) is 0 Å². The summed E-state index contributed by atoms with van der Waals surface area (Å²) in [5, 5.41) is 0. The standard InChI is InChI=1S/C64H51N/c1-4-57(38-36-55(44-46-16-8-5-9-17-46)56-37-43-61-60-22-14-15-23-62(60)64(2,3)63(61)45-56)65(58-39-32-53(33-40-58)51-28-24-49(25-29-51)47-18-10-6-11-19-47)59-41-34-54(35-42-59)52-30-26-50(27-31-52)48-20-12-7-13-21-48/h4-45H,1-3H3/b38-36-,55-44-,57-4+. The van der Waals surface area contributed by atoms with E-state index in [0.717, 1.165) is 28.2 Å². The third-order valence-corrected chi connectivity index (χ3v) is 12.9. The van der Waals surface area contributed by atoms with Crippen LogP contribution in [0.25, 0.3) is 67.3 Å². The first-order chi connectivity index (χ1) is 31.9. The molecule has 0 N–H and O–H groups in total. The van der Waals surface area contributed by atoms with Crippen LogP contribution in [0.3, 0.4) is 0 Å². The van der Waals surface area contributed by atoms with E-state index in [1.54, 1.807) is 0 Å². The van der Waals surface area contributed by atoms with Gasteiger partial charge in [-0.3, -0.25) is 0 Å². The molecular formula is C64H51N. The molecule has 0 saturated heterocycles. The van der Waals surface area contributed by atoms with Crippen LogP contribution in [0.4, 0.5) is 11.4 Å². The fourth-order valence-electron chi connectivity index (χ4n) is 9.34. The lowest BCUT2D eigenvalue weighted by molar-refractivity contribution is 0.660. The largest absolute Gasteiger partial charge is 0.311 e. The number of nitrogens with zero attached hydrogens (tertiary/aromatic N) is 1. The summed E-state index contributed by atoms with van der Waals surface area (Å²) in [7, 11) is 0. The Kier molecular flexibility index (Phi) is 11.4. The fourth-order valence-corrected chi connectivity index (χ4v) is 9.34. The van der Waals surface area contributed by atoms with Crippen molar-refractivity contribution in [2.45, 2.75) is 26.2 Å². The molecule has 1 nitrogen and oxygen atoms in total. The molecule has 312 valence electrons. The molecule has 0 radical (unpaired) electrons. The maximum Gasteiger partial charge on any atom is 0.0461 e. The number of hydrogen-bond donors (Lipinski definition) is 0. The Hall–Kier alpha value is -8.00.